The summed E-state index contributed by atoms with van der Waals surface area (Å²) in [7, 11) is 0. The first-order valence-corrected chi connectivity index (χ1v) is 38.3. The van der Waals surface area contributed by atoms with Crippen LogP contribution in [0.15, 0.2) is 274 Å². The summed E-state index contributed by atoms with van der Waals surface area (Å²) in [4.78, 5) is 5.43. The number of para-hydroxylation sites is 2. The van der Waals surface area contributed by atoms with Crippen LogP contribution in [0.25, 0.3) is 88.7 Å². The summed E-state index contributed by atoms with van der Waals surface area (Å²) < 4.78 is 2.61. The number of benzene rings is 12. The molecule has 17 rings (SSSR count). The van der Waals surface area contributed by atoms with Gasteiger partial charge in [0, 0.05) is 61.2 Å². The SMILES string of the molecule is C=C/C=C(\C=C/C)c1cccc2c1N1c3cc(ccc3B3c4cc(-c5cc(C(C)(C)C)cc(C(C)(C)C)c5)ccc4N(c4c(-c5ccccc5)cccc4-c4ccccc4)c4cc(-n5c6ccc(C(C)(C)C)cc6c6cc(C(C)(C)C)ccc65)cc1c43)-c1cc(C(C)(C)C)cc(c1)C(C)(C)c1ccc-2cc1. The van der Waals surface area contributed by atoms with Crippen molar-refractivity contribution in [2.24, 2.45) is 0 Å². The summed E-state index contributed by atoms with van der Waals surface area (Å²) in [5, 5.41) is 2.49. The molecule has 0 atom stereocenters. The summed E-state index contributed by atoms with van der Waals surface area (Å²) in [5.41, 5.74) is 35.9. The second-order valence-corrected chi connectivity index (χ2v) is 35.9. The Balaban J connectivity index is 1.14. The summed E-state index contributed by atoms with van der Waals surface area (Å²) >= 11 is 0. The molecule has 4 heteroatoms. The van der Waals surface area contributed by atoms with E-state index in [2.05, 4.69) is 406 Å². The highest BCUT2D eigenvalue weighted by molar-refractivity contribution is 7.00. The van der Waals surface area contributed by atoms with E-state index in [0.717, 1.165) is 95.4 Å². The third-order valence-corrected chi connectivity index (χ3v) is 23.2. The van der Waals surface area contributed by atoms with Gasteiger partial charge in [0.15, 0.2) is 0 Å². The summed E-state index contributed by atoms with van der Waals surface area (Å²) in [6, 6.07) is 95.4. The van der Waals surface area contributed by atoms with E-state index in [1.54, 1.807) is 0 Å². The minimum Gasteiger partial charge on any atom is -0.310 e. The van der Waals surface area contributed by atoms with Crippen molar-refractivity contribution in [3.8, 4) is 61.3 Å². The lowest BCUT2D eigenvalue weighted by Crippen LogP contribution is -2.61. The maximum absolute atomic E-state index is 4.41. The molecule has 526 valence electrons. The predicted octanol–water partition coefficient (Wildman–Crippen LogP) is 26.5. The highest BCUT2D eigenvalue weighted by Gasteiger charge is 2.46. The standard InChI is InChI=1S/C102H100BN3/c1-20-30-64(31-21-2)80-36-28-39-83-67-40-44-72(45-41-67)102(18,19)78-55-71(54-77(59-78)101(15,16)17)69-42-48-86-91(57-69)106(96(80)83)93-63-79(104-88-50-46-73(97(3,4)5)60-84(88)85-61-74(98(6,7)8)47-51-89(85)104)62-92-94(93)103(86)87-56-68(70-52-75(99(9,10)11)58-76(53-70)100(12,13)14)43-49-90(87)105(92)95-81(65-32-24-22-25-33-65)37-29-38-82(95)66-34-26-23-27-35-66/h20-63H,1H2,2-19H3/b31-21-,64-30+. The Bertz CT molecular complexity index is 5610. The molecule has 0 radical (unpaired) electrons. The van der Waals surface area contributed by atoms with Gasteiger partial charge in [0.2, 0.25) is 0 Å². The molecule has 0 saturated carbocycles. The van der Waals surface area contributed by atoms with Crippen LogP contribution in [0.4, 0.5) is 34.1 Å². The minimum atomic E-state index is -0.328. The number of hydrogen-bond donors (Lipinski definition) is 0. The molecule has 1 aromatic heterocycles. The molecule has 106 heavy (non-hydrogen) atoms. The van der Waals surface area contributed by atoms with E-state index in [-0.39, 0.29) is 39.2 Å². The number of fused-ring (bicyclic) bond motifs is 8. The molecule has 6 bridgehead atoms. The van der Waals surface area contributed by atoms with Gasteiger partial charge in [0.1, 0.15) is 0 Å². The van der Waals surface area contributed by atoms with E-state index >= 15 is 0 Å². The fraction of sp³-hybridized carbons (Fsp3) is 0.235. The van der Waals surface area contributed by atoms with Crippen molar-refractivity contribution in [1.29, 1.82) is 0 Å². The number of nitrogens with zero attached hydrogens (tertiary/aromatic N) is 3. The van der Waals surface area contributed by atoms with Crippen molar-refractivity contribution < 1.29 is 0 Å². The Labute approximate surface area is 631 Å². The molecular formula is C102H100BN3. The zero-order valence-corrected chi connectivity index (χ0v) is 65.5. The number of anilines is 6. The van der Waals surface area contributed by atoms with Crippen LogP contribution in [0.3, 0.4) is 0 Å². The topological polar surface area (TPSA) is 11.4 Å². The largest absolute Gasteiger partial charge is 0.310 e. The van der Waals surface area contributed by atoms with Crippen molar-refractivity contribution in [3.63, 3.8) is 0 Å². The molecule has 13 aromatic rings. The highest BCUT2D eigenvalue weighted by atomic mass is 15.2. The molecule has 0 fully saturated rings. The Morgan fingerprint density at radius 2 is 0.840 bits per heavy atom. The fourth-order valence-corrected chi connectivity index (χ4v) is 16.9. The summed E-state index contributed by atoms with van der Waals surface area (Å²) in [6.07, 6.45) is 8.60. The molecule has 0 unspecified atom stereocenters. The monoisotopic (exact) mass is 1380 g/mol. The quantitative estimate of drug-likeness (QED) is 0.111. The zero-order valence-electron chi connectivity index (χ0n) is 65.5. The number of aromatic nitrogens is 1. The maximum atomic E-state index is 4.41. The second kappa shape index (κ2) is 25.3. The number of rotatable bonds is 8. The minimum absolute atomic E-state index is 0.0929. The smallest absolute Gasteiger partial charge is 0.252 e. The van der Waals surface area contributed by atoms with E-state index in [1.165, 1.54) is 88.4 Å². The van der Waals surface area contributed by atoms with Crippen molar-refractivity contribution >= 4 is 84.6 Å². The molecule has 0 saturated heterocycles. The highest BCUT2D eigenvalue weighted by Crippen LogP contribution is 2.55. The molecule has 0 amide bonds. The van der Waals surface area contributed by atoms with E-state index in [9.17, 15) is 0 Å². The molecule has 4 aliphatic heterocycles. The van der Waals surface area contributed by atoms with Crippen molar-refractivity contribution in [3.05, 3.63) is 318 Å². The lowest BCUT2D eigenvalue weighted by molar-refractivity contribution is 0.569. The van der Waals surface area contributed by atoms with Gasteiger partial charge < -0.3 is 14.4 Å². The van der Waals surface area contributed by atoms with Gasteiger partial charge in [-0.05, 0) is 182 Å². The fourth-order valence-electron chi connectivity index (χ4n) is 16.9. The lowest BCUT2D eigenvalue weighted by atomic mass is 9.33. The van der Waals surface area contributed by atoms with Gasteiger partial charge in [-0.3, -0.25) is 0 Å². The van der Waals surface area contributed by atoms with Crippen LogP contribution >= 0.6 is 0 Å². The first kappa shape index (κ1) is 69.7. The van der Waals surface area contributed by atoms with Crippen LogP contribution in [0.1, 0.15) is 169 Å². The Hall–Kier alpha value is -10.7. The summed E-state index contributed by atoms with van der Waals surface area (Å²) in [6.45, 7) is 46.4. The average molecular weight is 1380 g/mol. The van der Waals surface area contributed by atoms with Crippen LogP contribution in [-0.2, 0) is 32.5 Å². The normalized spacial score (nSPS) is 14.2. The van der Waals surface area contributed by atoms with E-state index < -0.39 is 0 Å². The number of hydrogen-bond acceptors (Lipinski definition) is 2. The van der Waals surface area contributed by atoms with Gasteiger partial charge in [0.25, 0.3) is 6.71 Å². The van der Waals surface area contributed by atoms with E-state index in [0.29, 0.717) is 0 Å². The Kier molecular flexibility index (Phi) is 16.6. The van der Waals surface area contributed by atoms with Crippen molar-refractivity contribution in [2.75, 3.05) is 9.80 Å². The zero-order chi connectivity index (χ0) is 74.5. The van der Waals surface area contributed by atoms with Crippen LogP contribution in [0.5, 0.6) is 0 Å². The lowest BCUT2D eigenvalue weighted by Gasteiger charge is -2.46. The molecule has 3 nitrogen and oxygen atoms in total. The Morgan fingerprint density at radius 1 is 0.368 bits per heavy atom. The van der Waals surface area contributed by atoms with Crippen LogP contribution in [0.2, 0.25) is 0 Å². The van der Waals surface area contributed by atoms with Crippen LogP contribution in [-0.4, -0.2) is 11.3 Å². The average Bonchev–Trinajstić information content (AvgIpc) is 0.785. The van der Waals surface area contributed by atoms with Gasteiger partial charge in [-0.1, -0.05) is 343 Å². The second-order valence-electron chi connectivity index (χ2n) is 35.9. The molecule has 4 aliphatic rings. The summed E-state index contributed by atoms with van der Waals surface area (Å²) in [5.74, 6) is 0. The van der Waals surface area contributed by atoms with Gasteiger partial charge >= 0.3 is 0 Å². The van der Waals surface area contributed by atoms with Gasteiger partial charge in [-0.25, -0.2) is 0 Å². The third-order valence-electron chi connectivity index (χ3n) is 23.2. The van der Waals surface area contributed by atoms with E-state index in [1.807, 2.05) is 6.08 Å². The molecule has 5 heterocycles. The first-order valence-electron chi connectivity index (χ1n) is 38.3. The van der Waals surface area contributed by atoms with Gasteiger partial charge in [-0.2, -0.15) is 0 Å². The number of allylic oxidation sites excluding steroid dienone is 5. The predicted molar refractivity (Wildman–Crippen MR) is 461 cm³/mol. The third kappa shape index (κ3) is 11.8. The molecular weight excluding hydrogens is 1280 g/mol. The molecule has 0 aliphatic carbocycles. The van der Waals surface area contributed by atoms with Crippen molar-refractivity contribution in [1.82, 2.24) is 4.57 Å². The molecule has 12 aromatic carbocycles. The molecule has 0 N–H and O–H groups in total. The van der Waals surface area contributed by atoms with Crippen molar-refractivity contribution in [2.45, 2.75) is 157 Å². The molecule has 0 spiro atoms. The van der Waals surface area contributed by atoms with E-state index in [4.69, 9.17) is 0 Å². The van der Waals surface area contributed by atoms with Gasteiger partial charge in [0.05, 0.1) is 28.1 Å². The maximum Gasteiger partial charge on any atom is 0.252 e. The Morgan fingerprint density at radius 3 is 1.37 bits per heavy atom. The van der Waals surface area contributed by atoms with Crippen LogP contribution < -0.4 is 26.2 Å². The van der Waals surface area contributed by atoms with Gasteiger partial charge in [-0.15, -0.1) is 0 Å². The first-order chi connectivity index (χ1) is 50.4. The van der Waals surface area contributed by atoms with Crippen LogP contribution in [0, 0.1) is 0 Å².